The van der Waals surface area contributed by atoms with Gasteiger partial charge >= 0.3 is 0 Å². The molecule has 3 fully saturated rings. The number of hydrogen-bond donors (Lipinski definition) is 2. The minimum Gasteiger partial charge on any atom is -0.483 e. The van der Waals surface area contributed by atoms with Crippen LogP contribution in [0.4, 0.5) is 21.6 Å². The molecule has 15 nitrogen and oxygen atoms in total. The quantitative estimate of drug-likeness (QED) is 0.169. The van der Waals surface area contributed by atoms with Gasteiger partial charge in [-0.05, 0) is 74.5 Å². The Labute approximate surface area is 340 Å². The summed E-state index contributed by atoms with van der Waals surface area (Å²) in [6.07, 6.45) is 9.33. The maximum absolute atomic E-state index is 15.4. The number of imide groups is 2. The van der Waals surface area contributed by atoms with Crippen LogP contribution < -0.4 is 20.0 Å². The minimum absolute atomic E-state index is 0.0296. The molecule has 4 aliphatic heterocycles. The Morgan fingerprint density at radius 1 is 0.847 bits per heavy atom. The van der Waals surface area contributed by atoms with Gasteiger partial charge in [-0.1, -0.05) is 12.1 Å². The summed E-state index contributed by atoms with van der Waals surface area (Å²) in [6, 6.07) is 14.2. The number of anilines is 3. The second-order valence-electron chi connectivity index (χ2n) is 15.7. The molecule has 0 bridgehead atoms. The molecule has 2 aromatic carbocycles. The van der Waals surface area contributed by atoms with Crippen LogP contribution in [0.1, 0.15) is 52.8 Å². The smallest absolute Gasteiger partial charge is 0.290 e. The first kappa shape index (κ1) is 39.4. The van der Waals surface area contributed by atoms with Crippen molar-refractivity contribution in [1.29, 1.82) is 0 Å². The van der Waals surface area contributed by atoms with Crippen molar-refractivity contribution in [3.63, 3.8) is 0 Å². The number of amides is 4. The fourth-order valence-electron chi connectivity index (χ4n) is 8.81. The first-order chi connectivity index (χ1) is 28.5. The molecule has 5 aromatic rings. The Morgan fingerprint density at radius 2 is 1.56 bits per heavy atom. The number of pyridine rings is 2. The monoisotopic (exact) mass is 803 g/mol. The van der Waals surface area contributed by atoms with Crippen molar-refractivity contribution in [2.45, 2.75) is 38.1 Å². The molecule has 3 saturated heterocycles. The van der Waals surface area contributed by atoms with Crippen LogP contribution >= 0.6 is 0 Å². The maximum Gasteiger partial charge on any atom is 0.290 e. The van der Waals surface area contributed by atoms with Gasteiger partial charge in [-0.15, -0.1) is 0 Å². The topological polar surface area (TPSA) is 165 Å². The van der Waals surface area contributed by atoms with Crippen molar-refractivity contribution in [2.75, 3.05) is 74.6 Å². The van der Waals surface area contributed by atoms with Crippen LogP contribution in [0.3, 0.4) is 0 Å². The number of carboxylic acid groups (broad SMARTS) is 1. The predicted octanol–water partition coefficient (Wildman–Crippen LogP) is 4.31. The Bertz CT molecular complexity index is 2460. The van der Waals surface area contributed by atoms with E-state index in [-0.39, 0.29) is 36.1 Å². The number of carbonyl (C=O) groups is 5. The third-order valence-corrected chi connectivity index (χ3v) is 12.0. The van der Waals surface area contributed by atoms with Crippen LogP contribution in [0.25, 0.3) is 27.5 Å². The number of hydrogen-bond acceptors (Lipinski definition) is 11. The van der Waals surface area contributed by atoms with Crippen molar-refractivity contribution < 1.29 is 33.5 Å². The lowest BCUT2D eigenvalue weighted by Crippen LogP contribution is -2.54. The molecule has 3 aromatic heterocycles. The molecule has 0 spiro atoms. The minimum atomic E-state index is -1.08. The largest absolute Gasteiger partial charge is 0.483 e. The van der Waals surface area contributed by atoms with Crippen molar-refractivity contribution in [1.82, 2.24) is 29.7 Å². The van der Waals surface area contributed by atoms with Crippen LogP contribution in [0.5, 0.6) is 0 Å². The number of piperidine rings is 2. The number of fused-ring (bicyclic) bond motifs is 3. The highest BCUT2D eigenvalue weighted by Gasteiger charge is 2.45. The molecule has 9 rings (SSSR count). The molecule has 1 unspecified atom stereocenters. The van der Waals surface area contributed by atoms with E-state index in [1.165, 1.54) is 6.07 Å². The van der Waals surface area contributed by atoms with E-state index in [1.54, 1.807) is 0 Å². The second kappa shape index (κ2) is 16.4. The van der Waals surface area contributed by atoms with E-state index in [0.29, 0.717) is 19.0 Å². The lowest BCUT2D eigenvalue weighted by molar-refractivity contribution is -0.136. The van der Waals surface area contributed by atoms with E-state index in [4.69, 9.17) is 19.9 Å². The van der Waals surface area contributed by atoms with Gasteiger partial charge in [0.15, 0.2) is 0 Å². The van der Waals surface area contributed by atoms with Gasteiger partial charge in [-0.25, -0.2) is 14.4 Å². The van der Waals surface area contributed by atoms with Crippen LogP contribution in [0.15, 0.2) is 67.1 Å². The number of piperazine rings is 1. The molecule has 0 radical (unpaired) electrons. The second-order valence-corrected chi connectivity index (χ2v) is 15.7. The highest BCUT2D eigenvalue weighted by Crippen LogP contribution is 2.34. The van der Waals surface area contributed by atoms with Crippen molar-refractivity contribution >= 4 is 69.0 Å². The fraction of sp³-hybridized carbons (Fsp3) is 0.372. The third-order valence-electron chi connectivity index (χ3n) is 12.0. The average molecular weight is 804 g/mol. The Hall–Kier alpha value is -6.42. The molecule has 16 heteroatoms. The Balaban J connectivity index is 0.00000157. The zero-order valence-electron chi connectivity index (χ0n) is 33.0. The number of nitrogens with zero attached hydrogens (tertiary/aromatic N) is 8. The normalized spacial score (nSPS) is 18.9. The summed E-state index contributed by atoms with van der Waals surface area (Å²) in [6.45, 7) is 5.34. The predicted molar refractivity (Wildman–Crippen MR) is 221 cm³/mol. The number of nitrogens with one attached hydrogen (secondary N) is 1. The highest BCUT2D eigenvalue weighted by molar-refractivity contribution is 6.23. The van der Waals surface area contributed by atoms with Crippen LogP contribution in [-0.4, -0.2) is 125 Å². The summed E-state index contributed by atoms with van der Waals surface area (Å²) in [4.78, 5) is 78.2. The van der Waals surface area contributed by atoms with Gasteiger partial charge in [-0.3, -0.25) is 43.7 Å². The molecule has 59 heavy (non-hydrogen) atoms. The zero-order valence-corrected chi connectivity index (χ0v) is 33.0. The lowest BCUT2D eigenvalue weighted by atomic mass is 9.93. The van der Waals surface area contributed by atoms with Crippen LogP contribution in [0, 0.1) is 11.7 Å². The molecular weight excluding hydrogens is 758 g/mol. The zero-order chi connectivity index (χ0) is 41.4. The van der Waals surface area contributed by atoms with Crippen molar-refractivity contribution in [2.24, 2.45) is 5.92 Å². The van der Waals surface area contributed by atoms with Gasteiger partial charge in [0.05, 0.1) is 28.5 Å². The Morgan fingerprint density at radius 3 is 2.27 bits per heavy atom. The standard InChI is InChI=1S/C42H44FN9O4.CH2O2/c1-47(2)33-5-3-4-28-24-44-38(23-29(28)33)51-15-11-27-20-37(45-25-36(27)51)50-13-9-26(10-14-50)8-12-48-16-18-49(19-17-48)35-22-31-30(21-32(35)43)41(55)52(42(31)56)34-6-7-39(53)46-40(34)54;2-1-3/h3-5,11,15,20-26,34H,6-10,12-14,16-19H2,1-2H3,(H,46,53,54);1H,(H,2,3). The molecule has 4 aliphatic rings. The summed E-state index contributed by atoms with van der Waals surface area (Å²) >= 11 is 0. The van der Waals surface area contributed by atoms with Gasteiger partial charge in [-0.2, -0.15) is 0 Å². The van der Waals surface area contributed by atoms with Gasteiger partial charge < -0.3 is 19.8 Å². The maximum atomic E-state index is 15.4. The summed E-state index contributed by atoms with van der Waals surface area (Å²) in [5, 5.41) is 12.5. The summed E-state index contributed by atoms with van der Waals surface area (Å²) < 4.78 is 17.5. The molecular formula is C43H46FN9O6. The molecule has 1 atom stereocenters. The van der Waals surface area contributed by atoms with Gasteiger partial charge in [0.2, 0.25) is 11.8 Å². The molecule has 0 saturated carbocycles. The van der Waals surface area contributed by atoms with Gasteiger partial charge in [0.25, 0.3) is 18.3 Å². The van der Waals surface area contributed by atoms with Crippen molar-refractivity contribution in [3.8, 4) is 5.82 Å². The van der Waals surface area contributed by atoms with E-state index in [2.05, 4.69) is 81.3 Å². The van der Waals surface area contributed by atoms with E-state index in [9.17, 15) is 19.2 Å². The lowest BCUT2D eigenvalue weighted by Gasteiger charge is -2.38. The average Bonchev–Trinajstić information content (AvgIpc) is 3.77. The van der Waals surface area contributed by atoms with Crippen LogP contribution in [0.2, 0.25) is 0 Å². The number of benzene rings is 2. The van der Waals surface area contributed by atoms with Gasteiger partial charge in [0, 0.05) is 94.0 Å². The van der Waals surface area contributed by atoms with Gasteiger partial charge in [0.1, 0.15) is 23.5 Å². The molecule has 4 amide bonds. The molecule has 7 heterocycles. The number of rotatable bonds is 8. The SMILES string of the molecule is CN(C)c1cccc2cnc(-n3ccc4cc(N5CCC(CCN6CCN(c7cc8c(cc7F)C(=O)N(C7CCC(=O)NC7=O)C8=O)CC6)CC5)ncc43)cc12.O=CO. The number of aromatic nitrogens is 3. The summed E-state index contributed by atoms with van der Waals surface area (Å²) in [7, 11) is 4.11. The first-order valence-electron chi connectivity index (χ1n) is 19.9. The summed E-state index contributed by atoms with van der Waals surface area (Å²) in [5.41, 5.74) is 2.51. The first-order valence-corrected chi connectivity index (χ1v) is 19.9. The Kier molecular flexibility index (Phi) is 11.0. The van der Waals surface area contributed by atoms with E-state index < -0.39 is 35.5 Å². The van der Waals surface area contributed by atoms with Crippen LogP contribution in [-0.2, 0) is 14.4 Å². The molecule has 2 N–H and O–H groups in total. The van der Waals surface area contributed by atoms with Crippen molar-refractivity contribution in [3.05, 3.63) is 84.1 Å². The molecule has 306 valence electrons. The van der Waals surface area contributed by atoms with E-state index >= 15 is 4.39 Å². The molecule has 0 aliphatic carbocycles. The third kappa shape index (κ3) is 7.67. The summed E-state index contributed by atoms with van der Waals surface area (Å²) in [5.74, 6) is -0.550. The fourth-order valence-corrected chi connectivity index (χ4v) is 8.81. The number of carbonyl (C=O) groups excluding carboxylic acids is 4. The highest BCUT2D eigenvalue weighted by atomic mass is 19.1. The number of halogens is 1. The van der Waals surface area contributed by atoms with E-state index in [0.717, 1.165) is 102 Å². The van der Waals surface area contributed by atoms with E-state index in [1.807, 2.05) is 17.3 Å².